The van der Waals surface area contributed by atoms with E-state index >= 15 is 0 Å². The van der Waals surface area contributed by atoms with E-state index in [9.17, 15) is 8.42 Å². The van der Waals surface area contributed by atoms with Crippen LogP contribution < -0.4 is 0 Å². The van der Waals surface area contributed by atoms with Gasteiger partial charge >= 0.3 is 0 Å². The molecule has 0 spiro atoms. The second kappa shape index (κ2) is 8.03. The van der Waals surface area contributed by atoms with Crippen LogP contribution in [0.4, 0.5) is 0 Å². The van der Waals surface area contributed by atoms with Gasteiger partial charge < -0.3 is 4.90 Å². The predicted molar refractivity (Wildman–Crippen MR) is 67.2 cm³/mol. The van der Waals surface area contributed by atoms with Crippen LogP contribution in [0, 0.1) is 5.92 Å². The molecule has 0 radical (unpaired) electrons. The summed E-state index contributed by atoms with van der Waals surface area (Å²) >= 11 is 0. The van der Waals surface area contributed by atoms with Gasteiger partial charge in [0.25, 0.3) is 10.1 Å². The molecule has 0 fully saturated rings. The summed E-state index contributed by atoms with van der Waals surface area (Å²) in [7, 11) is -1.92. The third kappa shape index (κ3) is 9.12. The average molecular weight is 251 g/mol. The van der Waals surface area contributed by atoms with Crippen molar-refractivity contribution in [2.45, 2.75) is 39.5 Å². The van der Waals surface area contributed by atoms with Gasteiger partial charge in [-0.1, -0.05) is 33.1 Å². The van der Waals surface area contributed by atoms with Gasteiger partial charge in [0.15, 0.2) is 0 Å². The van der Waals surface area contributed by atoms with Crippen LogP contribution in [0.1, 0.15) is 39.5 Å². The SMILES string of the molecule is CCCCC(CC)CN(C)CCS(=O)(=O)O. The van der Waals surface area contributed by atoms with Gasteiger partial charge in [-0.25, -0.2) is 0 Å². The lowest BCUT2D eigenvalue weighted by molar-refractivity contribution is 0.269. The highest BCUT2D eigenvalue weighted by atomic mass is 32.2. The highest BCUT2D eigenvalue weighted by Gasteiger charge is 2.11. The van der Waals surface area contributed by atoms with Crippen LogP contribution in [-0.2, 0) is 10.1 Å². The molecule has 0 saturated carbocycles. The Morgan fingerprint density at radius 2 is 1.94 bits per heavy atom. The quantitative estimate of drug-likeness (QED) is 0.637. The maximum atomic E-state index is 10.6. The first-order chi connectivity index (χ1) is 7.39. The fourth-order valence-electron chi connectivity index (χ4n) is 1.72. The van der Waals surface area contributed by atoms with Gasteiger partial charge in [0, 0.05) is 13.1 Å². The minimum absolute atomic E-state index is 0.173. The lowest BCUT2D eigenvalue weighted by atomic mass is 9.99. The minimum Gasteiger partial charge on any atom is -0.305 e. The number of rotatable bonds is 9. The molecule has 16 heavy (non-hydrogen) atoms. The van der Waals surface area contributed by atoms with Crippen LogP contribution in [0.2, 0.25) is 0 Å². The topological polar surface area (TPSA) is 57.6 Å². The van der Waals surface area contributed by atoms with Gasteiger partial charge in [0.2, 0.25) is 0 Å². The normalized spacial score (nSPS) is 14.3. The van der Waals surface area contributed by atoms with E-state index < -0.39 is 10.1 Å². The number of unbranched alkanes of at least 4 members (excludes halogenated alkanes) is 1. The molecule has 0 aromatic heterocycles. The van der Waals surface area contributed by atoms with Gasteiger partial charge in [0.05, 0.1) is 5.75 Å². The fourth-order valence-corrected chi connectivity index (χ4v) is 2.26. The Morgan fingerprint density at radius 3 is 2.38 bits per heavy atom. The molecule has 0 amide bonds. The van der Waals surface area contributed by atoms with E-state index in [1.54, 1.807) is 0 Å². The zero-order chi connectivity index (χ0) is 12.6. The Bertz CT molecular complexity index is 264. The Hall–Kier alpha value is -0.130. The molecule has 4 nitrogen and oxygen atoms in total. The van der Waals surface area contributed by atoms with Crippen molar-refractivity contribution in [3.63, 3.8) is 0 Å². The van der Waals surface area contributed by atoms with Crippen LogP contribution in [0.3, 0.4) is 0 Å². The second-order valence-corrected chi connectivity index (χ2v) is 6.04. The first-order valence-electron chi connectivity index (χ1n) is 6.02. The molecule has 0 aromatic rings. The van der Waals surface area contributed by atoms with E-state index in [1.165, 1.54) is 19.3 Å². The van der Waals surface area contributed by atoms with Crippen LogP contribution in [0.5, 0.6) is 0 Å². The zero-order valence-electron chi connectivity index (χ0n) is 10.6. The van der Waals surface area contributed by atoms with Crippen molar-refractivity contribution in [1.82, 2.24) is 4.90 Å². The van der Waals surface area contributed by atoms with E-state index in [2.05, 4.69) is 13.8 Å². The molecule has 0 aliphatic heterocycles. The van der Waals surface area contributed by atoms with Gasteiger partial charge in [-0.3, -0.25) is 4.55 Å². The summed E-state index contributed by atoms with van der Waals surface area (Å²) < 4.78 is 29.8. The van der Waals surface area contributed by atoms with Crippen molar-refractivity contribution in [3.05, 3.63) is 0 Å². The average Bonchev–Trinajstić information content (AvgIpc) is 2.20. The lowest BCUT2D eigenvalue weighted by Gasteiger charge is -2.22. The molecule has 98 valence electrons. The lowest BCUT2D eigenvalue weighted by Crippen LogP contribution is -2.30. The fraction of sp³-hybridized carbons (Fsp3) is 1.00. The molecule has 0 heterocycles. The van der Waals surface area contributed by atoms with E-state index in [0.29, 0.717) is 12.5 Å². The predicted octanol–water partition coefficient (Wildman–Crippen LogP) is 2.02. The standard InChI is InChI=1S/C11H25NO3S/c1-4-6-7-11(5-2)10-12(3)8-9-16(13,14)15/h11H,4-10H2,1-3H3,(H,13,14,15). The molecule has 0 bridgehead atoms. The molecule has 0 saturated heterocycles. The van der Waals surface area contributed by atoms with Crippen LogP contribution in [-0.4, -0.2) is 43.8 Å². The van der Waals surface area contributed by atoms with Gasteiger partial charge in [-0.15, -0.1) is 0 Å². The van der Waals surface area contributed by atoms with Crippen LogP contribution in [0.15, 0.2) is 0 Å². The monoisotopic (exact) mass is 251 g/mol. The zero-order valence-corrected chi connectivity index (χ0v) is 11.5. The third-order valence-electron chi connectivity index (χ3n) is 2.84. The van der Waals surface area contributed by atoms with Crippen molar-refractivity contribution < 1.29 is 13.0 Å². The molecular weight excluding hydrogens is 226 g/mol. The highest BCUT2D eigenvalue weighted by Crippen LogP contribution is 2.13. The number of hydrogen-bond donors (Lipinski definition) is 1. The largest absolute Gasteiger partial charge is 0.305 e. The Labute approximate surface area is 99.8 Å². The van der Waals surface area contributed by atoms with E-state index in [0.717, 1.165) is 13.0 Å². The molecular formula is C11H25NO3S. The van der Waals surface area contributed by atoms with Gasteiger partial charge in [-0.05, 0) is 19.4 Å². The summed E-state index contributed by atoms with van der Waals surface area (Å²) in [6.07, 6.45) is 4.75. The molecule has 0 aromatic carbocycles. The molecule has 0 rings (SSSR count). The molecule has 1 atom stereocenters. The van der Waals surface area contributed by atoms with Crippen molar-refractivity contribution >= 4 is 10.1 Å². The van der Waals surface area contributed by atoms with Gasteiger partial charge in [0.1, 0.15) is 0 Å². The molecule has 1 unspecified atom stereocenters. The minimum atomic E-state index is -3.82. The maximum absolute atomic E-state index is 10.6. The number of hydrogen-bond acceptors (Lipinski definition) is 3. The van der Waals surface area contributed by atoms with Crippen molar-refractivity contribution in [2.75, 3.05) is 25.9 Å². The molecule has 0 aliphatic rings. The summed E-state index contributed by atoms with van der Waals surface area (Å²) in [6.45, 7) is 5.65. The van der Waals surface area contributed by atoms with Crippen LogP contribution in [0.25, 0.3) is 0 Å². The molecule has 0 aliphatic carbocycles. The smallest absolute Gasteiger partial charge is 0.266 e. The summed E-state index contributed by atoms with van der Waals surface area (Å²) in [6, 6.07) is 0. The van der Waals surface area contributed by atoms with E-state index in [-0.39, 0.29) is 5.75 Å². The van der Waals surface area contributed by atoms with Gasteiger partial charge in [-0.2, -0.15) is 8.42 Å². The van der Waals surface area contributed by atoms with E-state index in [4.69, 9.17) is 4.55 Å². The summed E-state index contributed by atoms with van der Waals surface area (Å²) in [4.78, 5) is 1.98. The summed E-state index contributed by atoms with van der Waals surface area (Å²) in [5.74, 6) is 0.458. The van der Waals surface area contributed by atoms with Crippen molar-refractivity contribution in [3.8, 4) is 0 Å². The van der Waals surface area contributed by atoms with Crippen molar-refractivity contribution in [1.29, 1.82) is 0 Å². The highest BCUT2D eigenvalue weighted by molar-refractivity contribution is 7.85. The first kappa shape index (κ1) is 15.9. The Balaban J connectivity index is 3.86. The molecule has 5 heteroatoms. The summed E-state index contributed by atoms with van der Waals surface area (Å²) in [5.41, 5.74) is 0. The molecule has 1 N–H and O–H groups in total. The Morgan fingerprint density at radius 1 is 1.31 bits per heavy atom. The summed E-state index contributed by atoms with van der Waals surface area (Å²) in [5, 5.41) is 0. The van der Waals surface area contributed by atoms with Crippen molar-refractivity contribution in [2.24, 2.45) is 5.92 Å². The third-order valence-corrected chi connectivity index (χ3v) is 3.54. The van der Waals surface area contributed by atoms with Crippen LogP contribution >= 0.6 is 0 Å². The number of nitrogens with zero attached hydrogens (tertiary/aromatic N) is 1. The maximum Gasteiger partial charge on any atom is 0.266 e. The Kier molecular flexibility index (Phi) is 7.97. The van der Waals surface area contributed by atoms with E-state index in [1.807, 2.05) is 11.9 Å². The first-order valence-corrected chi connectivity index (χ1v) is 7.63. The second-order valence-electron chi connectivity index (χ2n) is 4.46.